The molecule has 33 heavy (non-hydrogen) atoms. The van der Waals surface area contributed by atoms with Crippen LogP contribution in [0.4, 0.5) is 0 Å². The molecule has 0 amide bonds. The van der Waals surface area contributed by atoms with E-state index < -0.39 is 58.4 Å². The Morgan fingerprint density at radius 1 is 1.27 bits per heavy atom. The van der Waals surface area contributed by atoms with Crippen molar-refractivity contribution in [3.8, 4) is 0 Å². The average Bonchev–Trinajstić information content (AvgIpc) is 3.03. The number of rotatable bonds is 2. The van der Waals surface area contributed by atoms with E-state index in [-0.39, 0.29) is 23.1 Å². The molecule has 1 aliphatic heterocycles. The lowest BCUT2D eigenvalue weighted by molar-refractivity contribution is -0.157. The summed E-state index contributed by atoms with van der Waals surface area (Å²) in [7, 11) is 0. The van der Waals surface area contributed by atoms with Crippen LogP contribution in [0.15, 0.2) is 47.1 Å². The van der Waals surface area contributed by atoms with Crippen LogP contribution in [0, 0.1) is 5.92 Å². The SMILES string of the molecule is C=C1[C@@H](OC(C)=O)C/C=C\C2=C(C)C(=C\[C@]3(O)[C@@H](C)C(=O)O[C@H]3[C@H]1Cl)/[C@](C)(OC(C)=O)C2=O. The zero-order chi connectivity index (χ0) is 24.9. The summed E-state index contributed by atoms with van der Waals surface area (Å²) >= 11 is 6.64. The van der Waals surface area contributed by atoms with E-state index in [1.54, 1.807) is 19.1 Å². The van der Waals surface area contributed by atoms with Crippen molar-refractivity contribution in [3.05, 3.63) is 47.1 Å². The first kappa shape index (κ1) is 24.9. The zero-order valence-electron chi connectivity index (χ0n) is 19.1. The summed E-state index contributed by atoms with van der Waals surface area (Å²) in [6.07, 6.45) is 2.46. The summed E-state index contributed by atoms with van der Waals surface area (Å²) in [4.78, 5) is 49.4. The number of ketones is 1. The number of allylic oxidation sites excluding steroid dienone is 1. The van der Waals surface area contributed by atoms with Crippen LogP contribution in [0.1, 0.15) is 41.0 Å². The number of ether oxygens (including phenoxy) is 3. The Hall–Kier alpha value is -2.71. The number of hydrogen-bond acceptors (Lipinski definition) is 8. The van der Waals surface area contributed by atoms with Crippen molar-refractivity contribution >= 4 is 35.3 Å². The van der Waals surface area contributed by atoms with Crippen LogP contribution in [-0.4, -0.2) is 57.6 Å². The summed E-state index contributed by atoms with van der Waals surface area (Å²) < 4.78 is 16.2. The highest BCUT2D eigenvalue weighted by atomic mass is 35.5. The third-order valence-electron chi connectivity index (χ3n) is 6.45. The molecule has 0 spiro atoms. The van der Waals surface area contributed by atoms with E-state index >= 15 is 0 Å². The number of hydrogen-bond donors (Lipinski definition) is 1. The molecular weight excluding hydrogens is 452 g/mol. The van der Waals surface area contributed by atoms with E-state index in [0.29, 0.717) is 5.57 Å². The first-order chi connectivity index (χ1) is 15.2. The van der Waals surface area contributed by atoms with Gasteiger partial charge in [0.1, 0.15) is 11.7 Å². The second-order valence-corrected chi connectivity index (χ2v) is 9.20. The van der Waals surface area contributed by atoms with E-state index in [0.717, 1.165) is 0 Å². The molecule has 2 aliphatic carbocycles. The second kappa shape index (κ2) is 8.57. The van der Waals surface area contributed by atoms with E-state index in [4.69, 9.17) is 25.8 Å². The Bertz CT molecular complexity index is 1040. The summed E-state index contributed by atoms with van der Waals surface area (Å²) in [6, 6.07) is 0. The highest BCUT2D eigenvalue weighted by molar-refractivity contribution is 6.23. The molecule has 178 valence electrons. The predicted octanol–water partition coefficient (Wildman–Crippen LogP) is 2.48. The van der Waals surface area contributed by atoms with Crippen molar-refractivity contribution in [1.82, 2.24) is 0 Å². The van der Waals surface area contributed by atoms with Gasteiger partial charge in [0.25, 0.3) is 0 Å². The van der Waals surface area contributed by atoms with Gasteiger partial charge in [-0.3, -0.25) is 19.2 Å². The van der Waals surface area contributed by atoms with Crippen LogP contribution < -0.4 is 0 Å². The molecule has 1 fully saturated rings. The third kappa shape index (κ3) is 4.06. The minimum absolute atomic E-state index is 0.129. The lowest BCUT2D eigenvalue weighted by Gasteiger charge is -2.34. The van der Waals surface area contributed by atoms with Gasteiger partial charge in [-0.1, -0.05) is 18.7 Å². The molecule has 9 heteroatoms. The molecule has 2 bridgehead atoms. The molecule has 1 heterocycles. The summed E-state index contributed by atoms with van der Waals surface area (Å²) in [5, 5.41) is 10.6. The molecular formula is C24H27ClO8. The number of halogens is 1. The van der Waals surface area contributed by atoms with Crippen molar-refractivity contribution in [3.63, 3.8) is 0 Å². The van der Waals surface area contributed by atoms with Gasteiger partial charge in [-0.15, -0.1) is 11.6 Å². The fourth-order valence-corrected chi connectivity index (χ4v) is 4.93. The van der Waals surface area contributed by atoms with Crippen LogP contribution >= 0.6 is 11.6 Å². The smallest absolute Gasteiger partial charge is 0.312 e. The Kier molecular flexibility index (Phi) is 6.47. The quantitative estimate of drug-likeness (QED) is 0.278. The molecule has 0 aromatic heterocycles. The van der Waals surface area contributed by atoms with Gasteiger partial charge >= 0.3 is 17.9 Å². The van der Waals surface area contributed by atoms with E-state index in [1.165, 1.54) is 33.8 Å². The van der Waals surface area contributed by atoms with Gasteiger partial charge in [0.15, 0.2) is 11.7 Å². The fraction of sp³-hybridized carbons (Fsp3) is 0.500. The van der Waals surface area contributed by atoms with Gasteiger partial charge in [0.05, 0.1) is 11.3 Å². The molecule has 1 N–H and O–H groups in total. The van der Waals surface area contributed by atoms with Crippen LogP contribution in [0.2, 0.25) is 0 Å². The molecule has 8 nitrogen and oxygen atoms in total. The Morgan fingerprint density at radius 2 is 1.91 bits per heavy atom. The normalized spacial score (nSPS) is 39.0. The van der Waals surface area contributed by atoms with E-state index in [2.05, 4.69) is 6.58 Å². The largest absolute Gasteiger partial charge is 0.458 e. The van der Waals surface area contributed by atoms with Gasteiger partial charge in [-0.05, 0) is 38.0 Å². The van der Waals surface area contributed by atoms with Crippen LogP contribution in [0.3, 0.4) is 0 Å². The van der Waals surface area contributed by atoms with Crippen LogP contribution in [0.25, 0.3) is 0 Å². The molecule has 0 unspecified atom stereocenters. The number of fused-ring (bicyclic) bond motifs is 2. The number of Topliss-reactive ketones (excluding diaryl/α,β-unsaturated/α-hetero) is 1. The van der Waals surface area contributed by atoms with Crippen molar-refractivity contribution in [2.75, 3.05) is 0 Å². The zero-order valence-corrected chi connectivity index (χ0v) is 19.9. The van der Waals surface area contributed by atoms with E-state index in [9.17, 15) is 24.3 Å². The first-order valence-electron chi connectivity index (χ1n) is 10.5. The molecule has 3 rings (SSSR count). The summed E-state index contributed by atoms with van der Waals surface area (Å²) in [5.41, 5.74) is -2.49. The molecule has 3 aliphatic rings. The number of alkyl halides is 1. The Labute approximate surface area is 196 Å². The molecule has 1 saturated heterocycles. The summed E-state index contributed by atoms with van der Waals surface area (Å²) in [6.45, 7) is 10.9. The second-order valence-electron chi connectivity index (χ2n) is 8.73. The predicted molar refractivity (Wildman–Crippen MR) is 118 cm³/mol. The van der Waals surface area contributed by atoms with Gasteiger partial charge in [0, 0.05) is 31.4 Å². The van der Waals surface area contributed by atoms with E-state index in [1.807, 2.05) is 0 Å². The summed E-state index contributed by atoms with van der Waals surface area (Å²) in [5.74, 6) is -3.50. The van der Waals surface area contributed by atoms with Crippen molar-refractivity contribution in [2.24, 2.45) is 5.92 Å². The molecule has 6 atom stereocenters. The van der Waals surface area contributed by atoms with Crippen molar-refractivity contribution < 1.29 is 38.5 Å². The number of esters is 3. The Balaban J connectivity index is 2.28. The standard InChI is InChI=1S/C24H27ClO8/c1-11-16-8-7-9-18(31-14(4)26)12(2)19(25)21-24(30,13(3)22(29)32-21)10-17(11)23(6,20(16)28)33-15(5)27/h7-8,10,13,18-19,21,30H,2,9H2,1,3-6H3/b8-7-,17-10+/t13-,18-,19-,21-,23-,24-/m0/s1. The number of aliphatic hydroxyl groups is 1. The molecule has 0 aromatic rings. The van der Waals surface area contributed by atoms with Gasteiger partial charge in [-0.25, -0.2) is 0 Å². The van der Waals surface area contributed by atoms with Gasteiger partial charge < -0.3 is 19.3 Å². The number of carbonyl (C=O) groups excluding carboxylic acids is 4. The van der Waals surface area contributed by atoms with Crippen molar-refractivity contribution in [2.45, 2.75) is 69.8 Å². The lowest BCUT2D eigenvalue weighted by atomic mass is 9.79. The third-order valence-corrected chi connectivity index (χ3v) is 6.96. The highest BCUT2D eigenvalue weighted by Gasteiger charge is 2.59. The molecule has 0 aromatic carbocycles. The van der Waals surface area contributed by atoms with Crippen LogP contribution in [0.5, 0.6) is 0 Å². The topological polar surface area (TPSA) is 116 Å². The molecule has 0 saturated carbocycles. The maximum Gasteiger partial charge on any atom is 0.312 e. The van der Waals surface area contributed by atoms with Crippen molar-refractivity contribution in [1.29, 1.82) is 0 Å². The van der Waals surface area contributed by atoms with Gasteiger partial charge in [0.2, 0.25) is 5.78 Å². The highest BCUT2D eigenvalue weighted by Crippen LogP contribution is 2.46. The Morgan fingerprint density at radius 3 is 2.48 bits per heavy atom. The van der Waals surface area contributed by atoms with Gasteiger partial charge in [-0.2, -0.15) is 0 Å². The first-order valence-corrected chi connectivity index (χ1v) is 11.0. The minimum Gasteiger partial charge on any atom is -0.458 e. The average molecular weight is 479 g/mol. The minimum atomic E-state index is -1.97. The number of carbonyl (C=O) groups is 4. The fourth-order valence-electron chi connectivity index (χ4n) is 4.53. The monoisotopic (exact) mass is 478 g/mol. The van der Waals surface area contributed by atoms with Crippen LogP contribution in [-0.2, 0) is 33.4 Å². The maximum absolute atomic E-state index is 13.4. The maximum atomic E-state index is 13.4. The molecule has 0 radical (unpaired) electrons. The lowest BCUT2D eigenvalue weighted by Crippen LogP contribution is -2.49.